The van der Waals surface area contributed by atoms with Gasteiger partial charge < -0.3 is 0 Å². The fourth-order valence-corrected chi connectivity index (χ4v) is 3.19. The van der Waals surface area contributed by atoms with Crippen molar-refractivity contribution < 1.29 is 0 Å². The molecule has 0 saturated carbocycles. The van der Waals surface area contributed by atoms with E-state index in [1.165, 1.54) is 0 Å². The molecule has 0 aromatic rings. The average Bonchev–Trinajstić information content (AvgIpc) is 2.13. The number of thioether (sulfide) groups is 1. The van der Waals surface area contributed by atoms with Gasteiger partial charge >= 0.3 is 0 Å². The minimum absolute atomic E-state index is 0.164. The minimum atomic E-state index is 0.164. The molecular formula is C4H8N2S4. The highest BCUT2D eigenvalue weighted by atomic mass is 32.2. The van der Waals surface area contributed by atoms with E-state index in [-0.39, 0.29) is 4.71 Å². The molecule has 0 radical (unpaired) electrons. The molecule has 1 unspecified atom stereocenters. The van der Waals surface area contributed by atoms with Gasteiger partial charge in [0.05, 0.1) is 0 Å². The molecule has 0 aromatic heterocycles. The van der Waals surface area contributed by atoms with Gasteiger partial charge in [-0.15, -0.1) is 17.0 Å². The van der Waals surface area contributed by atoms with Gasteiger partial charge in [0.15, 0.2) is 4.32 Å². The summed E-state index contributed by atoms with van der Waals surface area (Å²) in [6.45, 7) is 2.10. The molecule has 58 valence electrons. The van der Waals surface area contributed by atoms with Gasteiger partial charge in [-0.25, -0.2) is 0 Å². The fraction of sp³-hybridized carbons (Fsp3) is 0.750. The van der Waals surface area contributed by atoms with E-state index in [1.807, 2.05) is 4.41 Å². The van der Waals surface area contributed by atoms with Crippen LogP contribution < -0.4 is 5.43 Å². The molecule has 0 aliphatic carbocycles. The first-order chi connectivity index (χ1) is 4.74. The van der Waals surface area contributed by atoms with Crippen LogP contribution in [0.25, 0.3) is 0 Å². The van der Waals surface area contributed by atoms with Crippen molar-refractivity contribution in [3.63, 3.8) is 0 Å². The maximum atomic E-state index is 4.94. The van der Waals surface area contributed by atoms with Crippen molar-refractivity contribution in [1.29, 1.82) is 0 Å². The lowest BCUT2D eigenvalue weighted by Gasteiger charge is -2.15. The van der Waals surface area contributed by atoms with Crippen LogP contribution in [0, 0.1) is 0 Å². The Balaban J connectivity index is 2.38. The van der Waals surface area contributed by atoms with Gasteiger partial charge in [-0.05, 0) is 0 Å². The zero-order valence-electron chi connectivity index (χ0n) is 5.40. The van der Waals surface area contributed by atoms with Crippen LogP contribution in [-0.4, -0.2) is 19.2 Å². The summed E-state index contributed by atoms with van der Waals surface area (Å²) in [4.78, 5) is 0. The summed E-state index contributed by atoms with van der Waals surface area (Å²) in [5.74, 6) is 1.03. The molecule has 1 saturated heterocycles. The monoisotopic (exact) mass is 212 g/mol. The third-order valence-electron chi connectivity index (χ3n) is 0.883. The quantitative estimate of drug-likeness (QED) is 0.410. The molecule has 1 aliphatic rings. The molecule has 1 fully saturated rings. The second-order valence-electron chi connectivity index (χ2n) is 1.59. The zero-order chi connectivity index (χ0) is 7.56. The summed E-state index contributed by atoms with van der Waals surface area (Å²) < 4.78 is 2.93. The van der Waals surface area contributed by atoms with Crippen molar-refractivity contribution in [2.45, 2.75) is 11.6 Å². The predicted molar refractivity (Wildman–Crippen MR) is 56.1 cm³/mol. The third kappa shape index (κ3) is 2.20. The van der Waals surface area contributed by atoms with Crippen molar-refractivity contribution in [2.24, 2.45) is 0 Å². The summed E-state index contributed by atoms with van der Waals surface area (Å²) in [6, 6.07) is 0. The summed E-state index contributed by atoms with van der Waals surface area (Å²) in [7, 11) is 0. The molecule has 0 aromatic carbocycles. The normalized spacial score (nSPS) is 27.0. The van der Waals surface area contributed by atoms with E-state index in [2.05, 4.69) is 25.0 Å². The SMILES string of the molecule is CCSN1NC(=S)SC1S. The number of rotatable bonds is 2. The summed E-state index contributed by atoms with van der Waals surface area (Å²) in [5, 5.41) is 0. The Labute approximate surface area is 80.0 Å². The Morgan fingerprint density at radius 3 is 3.10 bits per heavy atom. The third-order valence-corrected chi connectivity index (χ3v) is 3.67. The van der Waals surface area contributed by atoms with Gasteiger partial charge in [-0.2, -0.15) is 0 Å². The molecular weight excluding hydrogens is 204 g/mol. The molecule has 1 N–H and O–H groups in total. The second-order valence-corrected chi connectivity index (χ2v) is 5.41. The largest absolute Gasteiger partial charge is 0.292 e. The number of thiol groups is 1. The van der Waals surface area contributed by atoms with Crippen molar-refractivity contribution in [1.82, 2.24) is 9.84 Å². The van der Waals surface area contributed by atoms with Crippen molar-refractivity contribution >= 4 is 52.9 Å². The van der Waals surface area contributed by atoms with Crippen LogP contribution >= 0.6 is 48.6 Å². The average molecular weight is 212 g/mol. The number of hydrogen-bond donors (Lipinski definition) is 2. The first kappa shape index (κ1) is 8.99. The van der Waals surface area contributed by atoms with E-state index in [1.54, 1.807) is 23.7 Å². The minimum Gasteiger partial charge on any atom is -0.292 e. The van der Waals surface area contributed by atoms with E-state index < -0.39 is 0 Å². The Morgan fingerprint density at radius 1 is 2.00 bits per heavy atom. The standard InChI is InChI=1S/C4H8N2S4/c1-2-9-6-4(8)10-3(7)5-6/h4,8H,2H2,1H3,(H,5,7). The Bertz CT molecular complexity index is 139. The van der Waals surface area contributed by atoms with Gasteiger partial charge in [0, 0.05) is 5.75 Å². The molecule has 0 amide bonds. The smallest absolute Gasteiger partial charge is 0.151 e. The number of nitrogens with one attached hydrogen (secondary N) is 1. The number of hydrazine groups is 1. The zero-order valence-corrected chi connectivity index (χ0v) is 8.75. The van der Waals surface area contributed by atoms with Crippen LogP contribution in [-0.2, 0) is 0 Å². The lowest BCUT2D eigenvalue weighted by Crippen LogP contribution is -2.29. The highest BCUT2D eigenvalue weighted by Gasteiger charge is 2.25. The van der Waals surface area contributed by atoms with Gasteiger partial charge in [-0.3, -0.25) is 5.43 Å². The Morgan fingerprint density at radius 2 is 2.70 bits per heavy atom. The molecule has 1 atom stereocenters. The van der Waals surface area contributed by atoms with Gasteiger partial charge in [0.25, 0.3) is 0 Å². The van der Waals surface area contributed by atoms with E-state index in [0.29, 0.717) is 0 Å². The molecule has 10 heavy (non-hydrogen) atoms. The maximum absolute atomic E-state index is 4.94. The van der Waals surface area contributed by atoms with Crippen LogP contribution in [0.1, 0.15) is 6.92 Å². The van der Waals surface area contributed by atoms with E-state index in [9.17, 15) is 0 Å². The maximum Gasteiger partial charge on any atom is 0.151 e. The molecule has 1 heterocycles. The van der Waals surface area contributed by atoms with Crippen LogP contribution in [0.2, 0.25) is 0 Å². The van der Waals surface area contributed by atoms with Gasteiger partial charge in [0.2, 0.25) is 0 Å². The fourth-order valence-electron chi connectivity index (χ4n) is 0.550. The summed E-state index contributed by atoms with van der Waals surface area (Å²) in [5.41, 5.74) is 3.02. The highest BCUT2D eigenvalue weighted by Crippen LogP contribution is 2.30. The first-order valence-corrected chi connectivity index (χ1v) is 5.56. The molecule has 2 nitrogen and oxygen atoms in total. The van der Waals surface area contributed by atoms with E-state index in [0.717, 1.165) is 10.1 Å². The summed E-state index contributed by atoms with van der Waals surface area (Å²) >= 11 is 12.5. The van der Waals surface area contributed by atoms with Crippen LogP contribution in [0.15, 0.2) is 0 Å². The molecule has 6 heteroatoms. The second kappa shape index (κ2) is 4.06. The van der Waals surface area contributed by atoms with E-state index in [4.69, 9.17) is 12.2 Å². The number of nitrogens with zero attached hydrogens (tertiary/aromatic N) is 1. The topological polar surface area (TPSA) is 15.3 Å². The summed E-state index contributed by atoms with van der Waals surface area (Å²) in [6.07, 6.45) is 0. The number of thiocarbonyl (C=S) groups is 1. The molecule has 0 bridgehead atoms. The van der Waals surface area contributed by atoms with Crippen LogP contribution in [0.3, 0.4) is 0 Å². The predicted octanol–water partition coefficient (Wildman–Crippen LogP) is 1.71. The lowest BCUT2D eigenvalue weighted by atomic mass is 11.0. The Kier molecular flexibility index (Phi) is 3.65. The molecule has 1 aliphatic heterocycles. The lowest BCUT2D eigenvalue weighted by molar-refractivity contribution is 0.501. The molecule has 1 rings (SSSR count). The Hall–Kier alpha value is 0.900. The highest BCUT2D eigenvalue weighted by molar-refractivity contribution is 8.28. The van der Waals surface area contributed by atoms with Crippen LogP contribution in [0.5, 0.6) is 0 Å². The van der Waals surface area contributed by atoms with Gasteiger partial charge in [-0.1, -0.05) is 42.9 Å². The first-order valence-electron chi connectivity index (χ1n) is 2.81. The number of hydrogen-bond acceptors (Lipinski definition) is 5. The van der Waals surface area contributed by atoms with Crippen molar-refractivity contribution in [3.05, 3.63) is 0 Å². The van der Waals surface area contributed by atoms with E-state index >= 15 is 0 Å². The molecule has 0 spiro atoms. The van der Waals surface area contributed by atoms with Crippen molar-refractivity contribution in [2.75, 3.05) is 5.75 Å². The van der Waals surface area contributed by atoms with Gasteiger partial charge in [0.1, 0.15) is 4.71 Å². The van der Waals surface area contributed by atoms with Crippen LogP contribution in [0.4, 0.5) is 0 Å². The van der Waals surface area contributed by atoms with Crippen molar-refractivity contribution in [3.8, 4) is 0 Å².